The summed E-state index contributed by atoms with van der Waals surface area (Å²) in [6.45, 7) is 3.92. The first-order valence-electron chi connectivity index (χ1n) is 6.53. The van der Waals surface area contributed by atoms with E-state index in [-0.39, 0.29) is 11.9 Å². The molecule has 0 radical (unpaired) electrons. The number of rotatable bonds is 6. The highest BCUT2D eigenvalue weighted by Gasteiger charge is 2.09. The Hall–Kier alpha value is -1.59. The Bertz CT molecular complexity index is 586. The van der Waals surface area contributed by atoms with Crippen LogP contribution in [0.1, 0.15) is 13.3 Å². The monoisotopic (exact) mass is 264 g/mol. The van der Waals surface area contributed by atoms with Crippen molar-refractivity contribution in [2.75, 3.05) is 20.1 Å². The first-order valence-corrected chi connectivity index (χ1v) is 6.53. The molecular formula is C14H20N2O3. The maximum absolute atomic E-state index is 11.8. The molecule has 0 saturated heterocycles. The van der Waals surface area contributed by atoms with Gasteiger partial charge in [0.15, 0.2) is 5.58 Å². The van der Waals surface area contributed by atoms with Crippen LogP contribution in [0.5, 0.6) is 0 Å². The van der Waals surface area contributed by atoms with Gasteiger partial charge in [-0.05, 0) is 32.5 Å². The van der Waals surface area contributed by atoms with Crippen LogP contribution < -0.4 is 5.76 Å². The Labute approximate surface area is 112 Å². The molecule has 0 saturated carbocycles. The minimum atomic E-state index is -0.315. The number of fused-ring (bicyclic) bond motifs is 1. The molecule has 0 amide bonds. The smallest absolute Gasteiger partial charge is 0.408 e. The number of nitrogens with zero attached hydrogens (tertiary/aromatic N) is 2. The third-order valence-electron chi connectivity index (χ3n) is 3.21. The third kappa shape index (κ3) is 3.45. The van der Waals surface area contributed by atoms with E-state index in [1.807, 2.05) is 25.2 Å². The van der Waals surface area contributed by atoms with E-state index in [0.717, 1.165) is 25.0 Å². The van der Waals surface area contributed by atoms with E-state index >= 15 is 0 Å². The predicted molar refractivity (Wildman–Crippen MR) is 74.3 cm³/mol. The summed E-state index contributed by atoms with van der Waals surface area (Å²) in [4.78, 5) is 13.9. The van der Waals surface area contributed by atoms with Gasteiger partial charge < -0.3 is 14.4 Å². The second kappa shape index (κ2) is 6.04. The number of hydrogen-bond acceptors (Lipinski definition) is 4. The molecule has 0 fully saturated rings. The van der Waals surface area contributed by atoms with E-state index in [2.05, 4.69) is 4.90 Å². The van der Waals surface area contributed by atoms with Gasteiger partial charge >= 0.3 is 5.76 Å². The number of aliphatic hydroxyl groups is 1. The van der Waals surface area contributed by atoms with Crippen molar-refractivity contribution < 1.29 is 9.52 Å². The Morgan fingerprint density at radius 1 is 1.37 bits per heavy atom. The number of likely N-dealkylation sites (N-methyl/N-ethyl adjacent to an activating group) is 1. The first kappa shape index (κ1) is 13.8. The van der Waals surface area contributed by atoms with Gasteiger partial charge in [0, 0.05) is 19.6 Å². The van der Waals surface area contributed by atoms with Crippen LogP contribution in [0.4, 0.5) is 0 Å². The summed E-state index contributed by atoms with van der Waals surface area (Å²) in [6, 6.07) is 7.43. The molecule has 1 aromatic heterocycles. The molecule has 1 unspecified atom stereocenters. The highest BCUT2D eigenvalue weighted by atomic mass is 16.4. The topological polar surface area (TPSA) is 58.6 Å². The molecule has 1 aromatic carbocycles. The third-order valence-corrected chi connectivity index (χ3v) is 3.21. The van der Waals surface area contributed by atoms with Crippen molar-refractivity contribution in [2.24, 2.45) is 0 Å². The highest BCUT2D eigenvalue weighted by molar-refractivity contribution is 5.72. The van der Waals surface area contributed by atoms with Crippen LogP contribution in [0.25, 0.3) is 11.1 Å². The average Bonchev–Trinajstić information content (AvgIpc) is 2.69. The lowest BCUT2D eigenvalue weighted by molar-refractivity contribution is 0.163. The maximum atomic E-state index is 11.8. The van der Waals surface area contributed by atoms with Gasteiger partial charge in [-0.15, -0.1) is 0 Å². The van der Waals surface area contributed by atoms with E-state index in [1.54, 1.807) is 17.6 Å². The van der Waals surface area contributed by atoms with Gasteiger partial charge in [0.1, 0.15) is 0 Å². The fraction of sp³-hybridized carbons (Fsp3) is 0.500. The molecule has 5 heteroatoms. The van der Waals surface area contributed by atoms with Crippen molar-refractivity contribution in [2.45, 2.75) is 26.0 Å². The van der Waals surface area contributed by atoms with Gasteiger partial charge in [0.05, 0.1) is 11.6 Å². The van der Waals surface area contributed by atoms with Gasteiger partial charge in [-0.3, -0.25) is 4.57 Å². The summed E-state index contributed by atoms with van der Waals surface area (Å²) in [5.41, 5.74) is 1.45. The maximum Gasteiger partial charge on any atom is 0.419 e. The van der Waals surface area contributed by atoms with Gasteiger partial charge in [0.2, 0.25) is 0 Å². The van der Waals surface area contributed by atoms with Crippen molar-refractivity contribution in [3.63, 3.8) is 0 Å². The van der Waals surface area contributed by atoms with Crippen LogP contribution >= 0.6 is 0 Å². The molecule has 2 rings (SSSR count). The molecule has 104 valence electrons. The molecule has 0 aliphatic rings. The largest absolute Gasteiger partial charge is 0.419 e. The van der Waals surface area contributed by atoms with Crippen molar-refractivity contribution >= 4 is 11.1 Å². The molecule has 1 atom stereocenters. The van der Waals surface area contributed by atoms with Crippen LogP contribution in [0, 0.1) is 0 Å². The Balaban J connectivity index is 2.02. The van der Waals surface area contributed by atoms with Gasteiger partial charge in [-0.1, -0.05) is 12.1 Å². The van der Waals surface area contributed by atoms with E-state index in [0.29, 0.717) is 12.1 Å². The Morgan fingerprint density at radius 2 is 2.11 bits per heavy atom. The molecule has 2 aromatic rings. The second-order valence-electron chi connectivity index (χ2n) is 4.93. The number of benzene rings is 1. The zero-order valence-electron chi connectivity index (χ0n) is 11.4. The molecule has 19 heavy (non-hydrogen) atoms. The fourth-order valence-electron chi connectivity index (χ4n) is 2.02. The standard InChI is InChI=1S/C14H20N2O3/c1-11(17)7-8-15(2)9-10-16-12-5-3-4-6-13(12)19-14(16)18/h3-6,11,17H,7-10H2,1-2H3. The summed E-state index contributed by atoms with van der Waals surface area (Å²) in [7, 11) is 1.98. The number of para-hydroxylation sites is 2. The number of oxazole rings is 1. The molecule has 5 nitrogen and oxygen atoms in total. The average molecular weight is 264 g/mol. The minimum Gasteiger partial charge on any atom is -0.408 e. The van der Waals surface area contributed by atoms with E-state index < -0.39 is 0 Å². The van der Waals surface area contributed by atoms with Crippen molar-refractivity contribution in [3.05, 3.63) is 34.8 Å². The van der Waals surface area contributed by atoms with E-state index in [4.69, 9.17) is 4.42 Å². The molecule has 0 spiro atoms. The van der Waals surface area contributed by atoms with Crippen LogP contribution in [-0.2, 0) is 6.54 Å². The first-order chi connectivity index (χ1) is 9.08. The lowest BCUT2D eigenvalue weighted by atomic mass is 10.3. The summed E-state index contributed by atoms with van der Waals surface area (Å²) >= 11 is 0. The summed E-state index contributed by atoms with van der Waals surface area (Å²) in [5.74, 6) is -0.315. The van der Waals surface area contributed by atoms with Crippen molar-refractivity contribution in [1.29, 1.82) is 0 Å². The summed E-state index contributed by atoms with van der Waals surface area (Å²) in [5, 5.41) is 9.24. The van der Waals surface area contributed by atoms with Crippen LogP contribution in [-0.4, -0.2) is 40.8 Å². The second-order valence-corrected chi connectivity index (χ2v) is 4.93. The lowest BCUT2D eigenvalue weighted by Gasteiger charge is -2.17. The van der Waals surface area contributed by atoms with Crippen LogP contribution in [0.15, 0.2) is 33.5 Å². The molecule has 0 bridgehead atoms. The molecule has 1 N–H and O–H groups in total. The Morgan fingerprint density at radius 3 is 2.84 bits per heavy atom. The van der Waals surface area contributed by atoms with E-state index in [9.17, 15) is 9.90 Å². The quantitative estimate of drug-likeness (QED) is 0.854. The molecule has 1 heterocycles. The predicted octanol–water partition coefficient (Wildman–Crippen LogP) is 1.30. The molecule has 0 aliphatic carbocycles. The van der Waals surface area contributed by atoms with Crippen LogP contribution in [0.3, 0.4) is 0 Å². The van der Waals surface area contributed by atoms with Crippen molar-refractivity contribution in [1.82, 2.24) is 9.47 Å². The fourth-order valence-corrected chi connectivity index (χ4v) is 2.02. The minimum absolute atomic E-state index is 0.292. The molecule has 0 aliphatic heterocycles. The zero-order valence-corrected chi connectivity index (χ0v) is 11.4. The number of aromatic nitrogens is 1. The van der Waals surface area contributed by atoms with Gasteiger partial charge in [0.25, 0.3) is 0 Å². The Kier molecular flexibility index (Phi) is 4.39. The summed E-state index contributed by atoms with van der Waals surface area (Å²) in [6.07, 6.45) is 0.442. The SMILES string of the molecule is CC(O)CCN(C)CCn1c(=O)oc2ccccc21. The summed E-state index contributed by atoms with van der Waals surface area (Å²) < 4.78 is 6.83. The van der Waals surface area contributed by atoms with Crippen molar-refractivity contribution in [3.8, 4) is 0 Å². The van der Waals surface area contributed by atoms with Gasteiger partial charge in [-0.25, -0.2) is 4.79 Å². The zero-order chi connectivity index (χ0) is 13.8. The normalized spacial score (nSPS) is 13.3. The lowest BCUT2D eigenvalue weighted by Crippen LogP contribution is -2.28. The highest BCUT2D eigenvalue weighted by Crippen LogP contribution is 2.11. The number of aliphatic hydroxyl groups excluding tert-OH is 1. The van der Waals surface area contributed by atoms with E-state index in [1.165, 1.54) is 0 Å². The number of hydrogen-bond donors (Lipinski definition) is 1. The van der Waals surface area contributed by atoms with Gasteiger partial charge in [-0.2, -0.15) is 0 Å². The molecular weight excluding hydrogens is 244 g/mol. The van der Waals surface area contributed by atoms with Crippen LogP contribution in [0.2, 0.25) is 0 Å².